The van der Waals surface area contributed by atoms with Gasteiger partial charge in [-0.15, -0.1) is 0 Å². The fourth-order valence-electron chi connectivity index (χ4n) is 4.19. The number of hydrogen-bond acceptors (Lipinski definition) is 4. The van der Waals surface area contributed by atoms with Gasteiger partial charge in [0.1, 0.15) is 26.2 Å². The van der Waals surface area contributed by atoms with Gasteiger partial charge in [-0.3, -0.25) is 0 Å². The van der Waals surface area contributed by atoms with Crippen molar-refractivity contribution in [2.45, 2.75) is 12.5 Å². The number of esters is 1. The molecule has 0 aromatic heterocycles. The van der Waals surface area contributed by atoms with Gasteiger partial charge >= 0.3 is 5.97 Å². The van der Waals surface area contributed by atoms with Crippen LogP contribution in [0.5, 0.6) is 0 Å². The highest BCUT2D eigenvalue weighted by Crippen LogP contribution is 2.30. The molecule has 0 bridgehead atoms. The van der Waals surface area contributed by atoms with Gasteiger partial charge in [-0.2, -0.15) is 0 Å². The monoisotopic (exact) mass is 404 g/mol. The van der Waals surface area contributed by atoms with E-state index in [2.05, 4.69) is 26.2 Å². The molecule has 6 heteroatoms. The number of rotatable bonds is 9. The van der Waals surface area contributed by atoms with Crippen LogP contribution >= 0.6 is 0 Å². The SMILES string of the molecule is C[N+]1(CCOCCOC(=O)C(c2ccccc2)[N+]2(C)CC=CCC2)CCOCC1. The lowest BCUT2D eigenvalue weighted by Gasteiger charge is -2.41. The van der Waals surface area contributed by atoms with Crippen molar-refractivity contribution in [1.82, 2.24) is 0 Å². The van der Waals surface area contributed by atoms with Crippen molar-refractivity contribution in [1.29, 1.82) is 0 Å². The van der Waals surface area contributed by atoms with Crippen molar-refractivity contribution in [2.75, 3.05) is 79.9 Å². The number of carbonyl (C=O) groups is 1. The maximum atomic E-state index is 13.0. The van der Waals surface area contributed by atoms with Gasteiger partial charge in [-0.05, 0) is 6.08 Å². The van der Waals surface area contributed by atoms with E-state index in [-0.39, 0.29) is 12.0 Å². The van der Waals surface area contributed by atoms with Gasteiger partial charge in [0, 0.05) is 12.0 Å². The number of likely N-dealkylation sites (N-methyl/N-ethyl adjacent to an activating group) is 2. The maximum absolute atomic E-state index is 13.0. The maximum Gasteiger partial charge on any atom is 0.370 e. The van der Waals surface area contributed by atoms with Crippen LogP contribution in [0.25, 0.3) is 0 Å². The molecule has 0 spiro atoms. The zero-order valence-corrected chi connectivity index (χ0v) is 17.9. The minimum Gasteiger partial charge on any atom is -0.459 e. The van der Waals surface area contributed by atoms with Gasteiger partial charge in [-0.1, -0.05) is 36.4 Å². The highest BCUT2D eigenvalue weighted by atomic mass is 16.6. The molecule has 0 amide bonds. The Morgan fingerprint density at radius 2 is 1.79 bits per heavy atom. The van der Waals surface area contributed by atoms with Gasteiger partial charge in [0.15, 0.2) is 0 Å². The van der Waals surface area contributed by atoms with Crippen molar-refractivity contribution in [2.24, 2.45) is 0 Å². The fourth-order valence-corrected chi connectivity index (χ4v) is 4.19. The van der Waals surface area contributed by atoms with Crippen molar-refractivity contribution in [3.05, 3.63) is 48.0 Å². The van der Waals surface area contributed by atoms with Gasteiger partial charge in [0.25, 0.3) is 0 Å². The average Bonchev–Trinajstić information content (AvgIpc) is 2.72. The van der Waals surface area contributed by atoms with Crippen LogP contribution < -0.4 is 0 Å². The highest BCUT2D eigenvalue weighted by molar-refractivity contribution is 5.76. The van der Waals surface area contributed by atoms with Crippen molar-refractivity contribution < 1.29 is 28.0 Å². The standard InChI is InChI=1S/C23H36N2O4/c1-24(13-16-27-17-14-24)15-18-28-19-20-29-23(26)22(21-9-5-3-6-10-21)25(2)11-7-4-8-12-25/h3-7,9-10,22H,8,11-20H2,1-2H3/q+2. The Bertz CT molecular complexity index is 673. The van der Waals surface area contributed by atoms with E-state index in [1.54, 1.807) is 0 Å². The summed E-state index contributed by atoms with van der Waals surface area (Å²) in [4.78, 5) is 13.0. The molecule has 0 N–H and O–H groups in total. The zero-order chi connectivity index (χ0) is 20.6. The summed E-state index contributed by atoms with van der Waals surface area (Å²) in [7, 11) is 4.39. The highest BCUT2D eigenvalue weighted by Gasteiger charge is 2.40. The van der Waals surface area contributed by atoms with E-state index in [1.807, 2.05) is 30.3 Å². The number of quaternary nitrogens is 2. The number of morpholine rings is 1. The van der Waals surface area contributed by atoms with E-state index in [1.165, 1.54) is 0 Å². The first kappa shape index (κ1) is 22.0. The summed E-state index contributed by atoms with van der Waals surface area (Å²) in [5.74, 6) is -0.162. The molecule has 0 saturated carbocycles. The number of hydrogen-bond donors (Lipinski definition) is 0. The molecule has 29 heavy (non-hydrogen) atoms. The molecule has 1 fully saturated rings. The molecular formula is C23H36N2O4+2. The summed E-state index contributed by atoms with van der Waals surface area (Å²) in [5, 5.41) is 0. The molecule has 160 valence electrons. The Kier molecular flexibility index (Phi) is 7.84. The Hall–Kier alpha value is -1.73. The van der Waals surface area contributed by atoms with Crippen molar-refractivity contribution in [3.63, 3.8) is 0 Å². The molecule has 1 aromatic carbocycles. The summed E-state index contributed by atoms with van der Waals surface area (Å²) < 4.78 is 18.5. The van der Waals surface area contributed by atoms with Crippen LogP contribution in [0.4, 0.5) is 0 Å². The molecular weight excluding hydrogens is 368 g/mol. The second-order valence-corrected chi connectivity index (χ2v) is 8.64. The van der Waals surface area contributed by atoms with Crippen molar-refractivity contribution in [3.8, 4) is 0 Å². The predicted octanol–water partition coefficient (Wildman–Crippen LogP) is 2.17. The molecule has 1 saturated heterocycles. The number of nitrogens with zero attached hydrogens (tertiary/aromatic N) is 2. The van der Waals surface area contributed by atoms with Crippen LogP contribution in [0, 0.1) is 0 Å². The Morgan fingerprint density at radius 3 is 2.48 bits per heavy atom. The summed E-state index contributed by atoms with van der Waals surface area (Å²) >= 11 is 0. The number of ether oxygens (including phenoxy) is 3. The van der Waals surface area contributed by atoms with Crippen LogP contribution in [0.1, 0.15) is 18.0 Å². The first-order chi connectivity index (χ1) is 14.0. The van der Waals surface area contributed by atoms with E-state index in [0.29, 0.717) is 24.3 Å². The third-order valence-electron chi connectivity index (χ3n) is 6.26. The molecule has 0 radical (unpaired) electrons. The predicted molar refractivity (Wildman–Crippen MR) is 112 cm³/mol. The van der Waals surface area contributed by atoms with E-state index in [9.17, 15) is 4.79 Å². The van der Waals surface area contributed by atoms with Gasteiger partial charge in [0.2, 0.25) is 6.04 Å². The van der Waals surface area contributed by atoms with Gasteiger partial charge in [-0.25, -0.2) is 4.79 Å². The lowest BCUT2D eigenvalue weighted by molar-refractivity contribution is -0.926. The summed E-state index contributed by atoms with van der Waals surface area (Å²) in [5.41, 5.74) is 1.01. The molecule has 2 atom stereocenters. The molecule has 1 aromatic rings. The molecule has 3 rings (SSSR count). The minimum absolute atomic E-state index is 0.162. The van der Waals surface area contributed by atoms with E-state index >= 15 is 0 Å². The van der Waals surface area contributed by atoms with Crippen LogP contribution in [0.2, 0.25) is 0 Å². The smallest absolute Gasteiger partial charge is 0.370 e. The van der Waals surface area contributed by atoms with Gasteiger partial charge in [0.05, 0.1) is 53.6 Å². The van der Waals surface area contributed by atoms with Crippen LogP contribution in [-0.2, 0) is 19.0 Å². The molecule has 0 aliphatic carbocycles. The Labute approximate surface area is 174 Å². The zero-order valence-electron chi connectivity index (χ0n) is 17.9. The second-order valence-electron chi connectivity index (χ2n) is 8.64. The third kappa shape index (κ3) is 6.12. The van der Waals surface area contributed by atoms with E-state index in [0.717, 1.165) is 62.4 Å². The molecule has 6 nitrogen and oxygen atoms in total. The van der Waals surface area contributed by atoms with Crippen LogP contribution in [0.3, 0.4) is 0 Å². The van der Waals surface area contributed by atoms with E-state index < -0.39 is 0 Å². The average molecular weight is 405 g/mol. The second kappa shape index (κ2) is 10.3. The molecule has 2 heterocycles. The largest absolute Gasteiger partial charge is 0.459 e. The topological polar surface area (TPSA) is 44.8 Å². The first-order valence-corrected chi connectivity index (χ1v) is 10.7. The fraction of sp³-hybridized carbons (Fsp3) is 0.609. The normalized spacial score (nSPS) is 24.8. The van der Waals surface area contributed by atoms with Crippen LogP contribution in [0.15, 0.2) is 42.5 Å². The Morgan fingerprint density at radius 1 is 1.03 bits per heavy atom. The summed E-state index contributed by atoms with van der Waals surface area (Å²) in [6.07, 6.45) is 5.35. The van der Waals surface area contributed by atoms with Gasteiger partial charge < -0.3 is 23.2 Å². The minimum atomic E-state index is -0.307. The molecule has 2 aliphatic heterocycles. The van der Waals surface area contributed by atoms with Crippen LogP contribution in [-0.4, -0.2) is 94.8 Å². The molecule has 2 aliphatic rings. The Balaban J connectivity index is 1.48. The number of carbonyl (C=O) groups excluding carboxylic acids is 1. The summed E-state index contributed by atoms with van der Waals surface area (Å²) in [6.45, 7) is 7.85. The first-order valence-electron chi connectivity index (χ1n) is 10.7. The summed E-state index contributed by atoms with van der Waals surface area (Å²) in [6, 6.07) is 9.69. The lowest BCUT2D eigenvalue weighted by Crippen LogP contribution is -2.53. The third-order valence-corrected chi connectivity index (χ3v) is 6.26. The quantitative estimate of drug-likeness (QED) is 0.274. The van der Waals surface area contributed by atoms with E-state index in [4.69, 9.17) is 14.2 Å². The lowest BCUT2D eigenvalue weighted by atomic mass is 10.0. The van der Waals surface area contributed by atoms with Crippen molar-refractivity contribution >= 4 is 5.97 Å². The molecule has 2 unspecified atom stereocenters. The number of benzene rings is 1.